The number of nitrogens with zero attached hydrogens (tertiary/aromatic N) is 1. The normalized spacial score (nSPS) is 10.4. The van der Waals surface area contributed by atoms with Crippen molar-refractivity contribution in [3.8, 4) is 5.75 Å². The van der Waals surface area contributed by atoms with Crippen LogP contribution in [0.2, 0.25) is 0 Å². The molecule has 2 aromatic rings. The standard InChI is InChI=1S/C20H22F2N2O3/c1-14-5-3-4-6-18(14)27-12-11-24(2)19(25)9-10-23-20(26)16-8-7-15(21)13-17(16)22/h3-8,13H,9-12H2,1-2H3,(H,23,26). The first-order valence-electron chi connectivity index (χ1n) is 8.54. The van der Waals surface area contributed by atoms with E-state index in [9.17, 15) is 18.4 Å². The SMILES string of the molecule is Cc1ccccc1OCCN(C)C(=O)CCNC(=O)c1ccc(F)cc1F. The van der Waals surface area contributed by atoms with E-state index in [1.165, 1.54) is 4.90 Å². The minimum Gasteiger partial charge on any atom is -0.491 e. The summed E-state index contributed by atoms with van der Waals surface area (Å²) in [7, 11) is 1.64. The maximum atomic E-state index is 13.5. The summed E-state index contributed by atoms with van der Waals surface area (Å²) >= 11 is 0. The van der Waals surface area contributed by atoms with Crippen molar-refractivity contribution in [1.82, 2.24) is 10.2 Å². The van der Waals surface area contributed by atoms with E-state index in [4.69, 9.17) is 4.74 Å². The molecular formula is C20H22F2N2O3. The molecule has 0 aliphatic rings. The number of likely N-dealkylation sites (N-methyl/N-ethyl adjacent to an activating group) is 1. The predicted molar refractivity (Wildman–Crippen MR) is 97.6 cm³/mol. The van der Waals surface area contributed by atoms with Gasteiger partial charge in [-0.05, 0) is 30.7 Å². The molecule has 0 unspecified atom stereocenters. The van der Waals surface area contributed by atoms with Crippen LogP contribution in [0, 0.1) is 18.6 Å². The molecule has 2 aromatic carbocycles. The summed E-state index contributed by atoms with van der Waals surface area (Å²) in [5.41, 5.74) is 0.756. The van der Waals surface area contributed by atoms with Crippen molar-refractivity contribution >= 4 is 11.8 Å². The second-order valence-electron chi connectivity index (χ2n) is 6.06. The quantitative estimate of drug-likeness (QED) is 0.771. The monoisotopic (exact) mass is 376 g/mol. The van der Waals surface area contributed by atoms with Gasteiger partial charge in [-0.3, -0.25) is 9.59 Å². The number of carbonyl (C=O) groups is 2. The first-order valence-corrected chi connectivity index (χ1v) is 8.54. The van der Waals surface area contributed by atoms with Gasteiger partial charge in [-0.1, -0.05) is 18.2 Å². The average molecular weight is 376 g/mol. The number of hydrogen-bond acceptors (Lipinski definition) is 3. The Labute approximate surface area is 156 Å². The largest absolute Gasteiger partial charge is 0.491 e. The zero-order valence-electron chi connectivity index (χ0n) is 15.3. The molecule has 2 rings (SSSR count). The Kier molecular flexibility index (Phi) is 7.28. The number of halogens is 2. The van der Waals surface area contributed by atoms with E-state index in [-0.39, 0.29) is 24.4 Å². The van der Waals surface area contributed by atoms with Crippen molar-refractivity contribution in [1.29, 1.82) is 0 Å². The van der Waals surface area contributed by atoms with Crippen molar-refractivity contribution in [3.05, 3.63) is 65.2 Å². The van der Waals surface area contributed by atoms with E-state index in [0.29, 0.717) is 19.2 Å². The second-order valence-corrected chi connectivity index (χ2v) is 6.06. The van der Waals surface area contributed by atoms with Gasteiger partial charge in [0.05, 0.1) is 12.1 Å². The molecule has 27 heavy (non-hydrogen) atoms. The minimum absolute atomic E-state index is 0.0530. The Bertz CT molecular complexity index is 812. The maximum Gasteiger partial charge on any atom is 0.254 e. The average Bonchev–Trinajstić information content (AvgIpc) is 2.63. The highest BCUT2D eigenvalue weighted by Crippen LogP contribution is 2.15. The Morgan fingerprint density at radius 3 is 2.59 bits per heavy atom. The lowest BCUT2D eigenvalue weighted by molar-refractivity contribution is -0.130. The summed E-state index contributed by atoms with van der Waals surface area (Å²) in [4.78, 5) is 25.5. The van der Waals surface area contributed by atoms with Gasteiger partial charge in [0.1, 0.15) is 24.0 Å². The van der Waals surface area contributed by atoms with Gasteiger partial charge in [0.15, 0.2) is 0 Å². The molecule has 0 atom stereocenters. The van der Waals surface area contributed by atoms with E-state index in [1.807, 2.05) is 31.2 Å². The fourth-order valence-corrected chi connectivity index (χ4v) is 2.38. The van der Waals surface area contributed by atoms with Crippen molar-refractivity contribution in [2.24, 2.45) is 0 Å². The third-order valence-corrected chi connectivity index (χ3v) is 4.00. The van der Waals surface area contributed by atoms with Gasteiger partial charge in [0.25, 0.3) is 5.91 Å². The van der Waals surface area contributed by atoms with Gasteiger partial charge in [0, 0.05) is 26.1 Å². The zero-order valence-corrected chi connectivity index (χ0v) is 15.3. The van der Waals surface area contributed by atoms with Crippen LogP contribution in [0.3, 0.4) is 0 Å². The van der Waals surface area contributed by atoms with Gasteiger partial charge in [-0.2, -0.15) is 0 Å². The smallest absolute Gasteiger partial charge is 0.254 e. The first kappa shape index (κ1) is 20.4. The molecule has 2 amide bonds. The van der Waals surface area contributed by atoms with Crippen LogP contribution in [0.5, 0.6) is 5.75 Å². The van der Waals surface area contributed by atoms with Crippen molar-refractivity contribution < 1.29 is 23.1 Å². The molecule has 144 valence electrons. The number of ether oxygens (including phenoxy) is 1. The minimum atomic E-state index is -0.940. The van der Waals surface area contributed by atoms with Gasteiger partial charge in [0.2, 0.25) is 5.91 Å². The molecule has 0 aromatic heterocycles. The summed E-state index contributed by atoms with van der Waals surface area (Å²) in [5.74, 6) is -1.79. The second kappa shape index (κ2) is 9.66. The van der Waals surface area contributed by atoms with Gasteiger partial charge in [-0.15, -0.1) is 0 Å². The van der Waals surface area contributed by atoms with Crippen LogP contribution in [-0.2, 0) is 4.79 Å². The number of aryl methyl sites for hydroxylation is 1. The summed E-state index contributed by atoms with van der Waals surface area (Å²) in [6, 6.07) is 10.3. The van der Waals surface area contributed by atoms with Gasteiger partial charge < -0.3 is 15.0 Å². The van der Waals surface area contributed by atoms with Crippen molar-refractivity contribution in [2.45, 2.75) is 13.3 Å². The highest BCUT2D eigenvalue weighted by Gasteiger charge is 2.14. The van der Waals surface area contributed by atoms with Crippen LogP contribution in [0.4, 0.5) is 8.78 Å². The lowest BCUT2D eigenvalue weighted by Crippen LogP contribution is -2.34. The Balaban J connectivity index is 1.71. The highest BCUT2D eigenvalue weighted by molar-refractivity contribution is 5.94. The summed E-state index contributed by atoms with van der Waals surface area (Å²) in [6.07, 6.45) is 0.0649. The van der Waals surface area contributed by atoms with Gasteiger partial charge >= 0.3 is 0 Å². The van der Waals surface area contributed by atoms with E-state index in [0.717, 1.165) is 23.4 Å². The highest BCUT2D eigenvalue weighted by atomic mass is 19.1. The number of rotatable bonds is 8. The van der Waals surface area contributed by atoms with E-state index in [2.05, 4.69) is 5.32 Å². The number of benzene rings is 2. The van der Waals surface area contributed by atoms with Crippen LogP contribution in [0.15, 0.2) is 42.5 Å². The molecular weight excluding hydrogens is 354 g/mol. The fraction of sp³-hybridized carbons (Fsp3) is 0.300. The molecule has 0 aliphatic carbocycles. The first-order chi connectivity index (χ1) is 12.9. The van der Waals surface area contributed by atoms with Gasteiger partial charge in [-0.25, -0.2) is 8.78 Å². The number of carbonyl (C=O) groups excluding carboxylic acids is 2. The molecule has 0 heterocycles. The summed E-state index contributed by atoms with van der Waals surface area (Å²) < 4.78 is 32.0. The number of amides is 2. The molecule has 0 fully saturated rings. The van der Waals surface area contributed by atoms with Crippen LogP contribution in [0.25, 0.3) is 0 Å². The maximum absolute atomic E-state index is 13.5. The third kappa shape index (κ3) is 6.06. The molecule has 0 bridgehead atoms. The van der Waals surface area contributed by atoms with Crippen molar-refractivity contribution in [2.75, 3.05) is 26.7 Å². The van der Waals surface area contributed by atoms with Crippen LogP contribution in [-0.4, -0.2) is 43.5 Å². The Hall–Kier alpha value is -2.96. The molecule has 1 N–H and O–H groups in total. The number of para-hydroxylation sites is 1. The van der Waals surface area contributed by atoms with Crippen molar-refractivity contribution in [3.63, 3.8) is 0 Å². The topological polar surface area (TPSA) is 58.6 Å². The molecule has 5 nitrogen and oxygen atoms in total. The van der Waals surface area contributed by atoms with E-state index < -0.39 is 17.5 Å². The van der Waals surface area contributed by atoms with E-state index in [1.54, 1.807) is 7.05 Å². The fourth-order valence-electron chi connectivity index (χ4n) is 2.38. The van der Waals surface area contributed by atoms with E-state index >= 15 is 0 Å². The zero-order chi connectivity index (χ0) is 19.8. The molecule has 0 saturated carbocycles. The molecule has 0 spiro atoms. The van der Waals surface area contributed by atoms with Crippen LogP contribution < -0.4 is 10.1 Å². The molecule has 0 saturated heterocycles. The number of hydrogen-bond donors (Lipinski definition) is 1. The van der Waals surface area contributed by atoms with Crippen LogP contribution in [0.1, 0.15) is 22.3 Å². The Morgan fingerprint density at radius 2 is 1.89 bits per heavy atom. The molecule has 7 heteroatoms. The molecule has 0 aliphatic heterocycles. The molecule has 0 radical (unpaired) electrons. The lowest BCUT2D eigenvalue weighted by Gasteiger charge is -2.18. The summed E-state index contributed by atoms with van der Waals surface area (Å²) in [6.45, 7) is 2.74. The van der Waals surface area contributed by atoms with Crippen LogP contribution >= 0.6 is 0 Å². The lowest BCUT2D eigenvalue weighted by atomic mass is 10.2. The Morgan fingerprint density at radius 1 is 1.15 bits per heavy atom. The summed E-state index contributed by atoms with van der Waals surface area (Å²) in [5, 5.41) is 2.45. The predicted octanol–water partition coefficient (Wildman–Crippen LogP) is 2.93. The number of nitrogens with one attached hydrogen (secondary N) is 1. The third-order valence-electron chi connectivity index (χ3n) is 4.00.